The first-order valence-corrected chi connectivity index (χ1v) is 4.80. The number of hydrogen-bond acceptors (Lipinski definition) is 5. The Bertz CT molecular complexity index is 630. The van der Waals surface area contributed by atoms with Crippen LogP contribution in [0, 0.1) is 6.92 Å². The molecule has 0 bridgehead atoms. The summed E-state index contributed by atoms with van der Waals surface area (Å²) in [6.45, 7) is 1.91. The fraction of sp³-hybridized carbons (Fsp3) is 0.100. The fourth-order valence-electron chi connectivity index (χ4n) is 1.37. The normalized spacial score (nSPS) is 10.8. The van der Waals surface area contributed by atoms with Crippen LogP contribution in [0.4, 0.5) is 0 Å². The average molecular weight is 212 g/mol. The van der Waals surface area contributed by atoms with Gasteiger partial charge in [0.05, 0.1) is 0 Å². The molecule has 0 radical (unpaired) electrons. The van der Waals surface area contributed by atoms with Gasteiger partial charge < -0.3 is 0 Å². The Kier molecular flexibility index (Phi) is 1.86. The summed E-state index contributed by atoms with van der Waals surface area (Å²) < 4.78 is 1.61. The molecule has 3 aromatic heterocycles. The van der Waals surface area contributed by atoms with Gasteiger partial charge in [-0.3, -0.25) is 0 Å². The van der Waals surface area contributed by atoms with Crippen molar-refractivity contribution < 1.29 is 0 Å². The summed E-state index contributed by atoms with van der Waals surface area (Å²) in [4.78, 5) is 16.7. The summed E-state index contributed by atoms with van der Waals surface area (Å²) in [5.74, 6) is 1.55. The minimum Gasteiger partial charge on any atom is -0.234 e. The van der Waals surface area contributed by atoms with Crippen molar-refractivity contribution in [3.8, 4) is 11.6 Å². The van der Waals surface area contributed by atoms with Gasteiger partial charge in [0.15, 0.2) is 5.82 Å². The minimum atomic E-state index is 0.485. The van der Waals surface area contributed by atoms with Crippen molar-refractivity contribution in [3.05, 3.63) is 36.4 Å². The van der Waals surface area contributed by atoms with Gasteiger partial charge in [-0.2, -0.15) is 4.98 Å². The smallest absolute Gasteiger partial charge is 0.234 e. The lowest BCUT2D eigenvalue weighted by Crippen LogP contribution is -1.91. The van der Waals surface area contributed by atoms with Crippen LogP contribution in [0.25, 0.3) is 17.4 Å². The van der Waals surface area contributed by atoms with Crippen molar-refractivity contribution in [1.29, 1.82) is 0 Å². The SMILES string of the molecule is Cc1ccn2nc(-c3ncccn3)nc2n1. The minimum absolute atomic E-state index is 0.485. The molecule has 3 rings (SSSR count). The standard InChI is InChI=1S/C10H8N6/c1-7-3-6-16-10(13-7)14-9(15-16)8-11-4-2-5-12-8/h2-6H,1H3. The summed E-state index contributed by atoms with van der Waals surface area (Å²) in [7, 11) is 0. The molecule has 6 heteroatoms. The lowest BCUT2D eigenvalue weighted by Gasteiger charge is -1.90. The van der Waals surface area contributed by atoms with Crippen LogP contribution in [0.5, 0.6) is 0 Å². The maximum Gasteiger partial charge on any atom is 0.253 e. The predicted octanol–water partition coefficient (Wildman–Crippen LogP) is 0.890. The fourth-order valence-corrected chi connectivity index (χ4v) is 1.37. The molecule has 0 amide bonds. The van der Waals surface area contributed by atoms with Crippen molar-refractivity contribution >= 4 is 5.78 Å². The van der Waals surface area contributed by atoms with Crippen LogP contribution in [0.2, 0.25) is 0 Å². The lowest BCUT2D eigenvalue weighted by molar-refractivity contribution is 0.926. The van der Waals surface area contributed by atoms with Crippen LogP contribution >= 0.6 is 0 Å². The zero-order chi connectivity index (χ0) is 11.0. The van der Waals surface area contributed by atoms with Crippen molar-refractivity contribution in [3.63, 3.8) is 0 Å². The molecule has 0 unspecified atom stereocenters. The second-order valence-electron chi connectivity index (χ2n) is 3.32. The van der Waals surface area contributed by atoms with E-state index in [1.54, 1.807) is 23.0 Å². The maximum atomic E-state index is 4.26. The van der Waals surface area contributed by atoms with Crippen LogP contribution in [0.3, 0.4) is 0 Å². The van der Waals surface area contributed by atoms with Gasteiger partial charge in [-0.15, -0.1) is 5.10 Å². The summed E-state index contributed by atoms with van der Waals surface area (Å²) >= 11 is 0. The molecule has 0 fully saturated rings. The zero-order valence-corrected chi connectivity index (χ0v) is 8.57. The Morgan fingerprint density at radius 3 is 2.69 bits per heavy atom. The molecule has 0 aromatic carbocycles. The van der Waals surface area contributed by atoms with Gasteiger partial charge in [-0.1, -0.05) is 0 Å². The highest BCUT2D eigenvalue weighted by Crippen LogP contribution is 2.09. The first-order valence-electron chi connectivity index (χ1n) is 4.80. The van der Waals surface area contributed by atoms with Gasteiger partial charge in [0.25, 0.3) is 5.78 Å². The molecule has 0 spiro atoms. The predicted molar refractivity (Wildman–Crippen MR) is 56.5 cm³/mol. The van der Waals surface area contributed by atoms with E-state index in [0.29, 0.717) is 17.4 Å². The number of aryl methyl sites for hydroxylation is 1. The molecule has 78 valence electrons. The second-order valence-corrected chi connectivity index (χ2v) is 3.32. The molecular formula is C10H8N6. The van der Waals surface area contributed by atoms with Gasteiger partial charge >= 0.3 is 0 Å². The molecule has 0 N–H and O–H groups in total. The van der Waals surface area contributed by atoms with Crippen molar-refractivity contribution in [2.75, 3.05) is 0 Å². The van der Waals surface area contributed by atoms with Gasteiger partial charge in [0, 0.05) is 24.3 Å². The van der Waals surface area contributed by atoms with E-state index in [4.69, 9.17) is 0 Å². The van der Waals surface area contributed by atoms with Gasteiger partial charge in [-0.05, 0) is 19.1 Å². The van der Waals surface area contributed by atoms with Crippen LogP contribution in [-0.4, -0.2) is 29.5 Å². The Balaban J connectivity index is 2.19. The van der Waals surface area contributed by atoms with E-state index in [2.05, 4.69) is 25.0 Å². The van der Waals surface area contributed by atoms with Crippen LogP contribution in [0.15, 0.2) is 30.7 Å². The summed E-state index contributed by atoms with van der Waals surface area (Å²) in [5, 5.41) is 4.24. The first kappa shape index (κ1) is 8.90. The molecule has 0 saturated heterocycles. The van der Waals surface area contributed by atoms with E-state index in [1.165, 1.54) is 0 Å². The van der Waals surface area contributed by atoms with Gasteiger partial charge in [0.1, 0.15) is 0 Å². The number of rotatable bonds is 1. The summed E-state index contributed by atoms with van der Waals surface area (Å²) in [6, 6.07) is 3.62. The molecular weight excluding hydrogens is 204 g/mol. The van der Waals surface area contributed by atoms with E-state index in [9.17, 15) is 0 Å². The van der Waals surface area contributed by atoms with E-state index >= 15 is 0 Å². The van der Waals surface area contributed by atoms with Gasteiger partial charge in [-0.25, -0.2) is 19.5 Å². The van der Waals surface area contributed by atoms with Crippen molar-refractivity contribution in [2.24, 2.45) is 0 Å². The number of nitrogens with zero attached hydrogens (tertiary/aromatic N) is 6. The second kappa shape index (κ2) is 3.34. The van der Waals surface area contributed by atoms with E-state index in [0.717, 1.165) is 5.69 Å². The average Bonchev–Trinajstić information content (AvgIpc) is 2.73. The third-order valence-corrected chi connectivity index (χ3v) is 2.11. The zero-order valence-electron chi connectivity index (χ0n) is 8.57. The molecule has 0 atom stereocenters. The topological polar surface area (TPSA) is 68.9 Å². The maximum absolute atomic E-state index is 4.26. The molecule has 0 saturated carbocycles. The highest BCUT2D eigenvalue weighted by Gasteiger charge is 2.08. The Hall–Kier alpha value is -2.37. The summed E-state index contributed by atoms with van der Waals surface area (Å²) in [6.07, 6.45) is 5.14. The highest BCUT2D eigenvalue weighted by molar-refractivity contribution is 5.46. The molecule has 0 aliphatic heterocycles. The molecule has 3 aromatic rings. The van der Waals surface area contributed by atoms with Crippen molar-refractivity contribution in [2.45, 2.75) is 6.92 Å². The molecule has 3 heterocycles. The van der Waals surface area contributed by atoms with Crippen LogP contribution < -0.4 is 0 Å². The van der Waals surface area contributed by atoms with E-state index in [1.807, 2.05) is 19.2 Å². The monoisotopic (exact) mass is 212 g/mol. The van der Waals surface area contributed by atoms with E-state index < -0.39 is 0 Å². The van der Waals surface area contributed by atoms with Crippen molar-refractivity contribution in [1.82, 2.24) is 29.5 Å². The summed E-state index contributed by atoms with van der Waals surface area (Å²) in [5.41, 5.74) is 0.903. The quantitative estimate of drug-likeness (QED) is 0.599. The third kappa shape index (κ3) is 1.40. The van der Waals surface area contributed by atoms with Gasteiger partial charge in [0.2, 0.25) is 5.82 Å². The molecule has 16 heavy (non-hydrogen) atoms. The first-order chi connectivity index (χ1) is 7.83. The highest BCUT2D eigenvalue weighted by atomic mass is 15.3. The molecule has 0 aliphatic carbocycles. The third-order valence-electron chi connectivity index (χ3n) is 2.11. The Labute approximate surface area is 91.0 Å². The number of fused-ring (bicyclic) bond motifs is 1. The van der Waals surface area contributed by atoms with Crippen LogP contribution in [0.1, 0.15) is 5.69 Å². The Morgan fingerprint density at radius 1 is 1.06 bits per heavy atom. The molecule has 6 nitrogen and oxygen atoms in total. The number of aromatic nitrogens is 6. The Morgan fingerprint density at radius 2 is 1.88 bits per heavy atom. The lowest BCUT2D eigenvalue weighted by atomic mass is 10.5. The van der Waals surface area contributed by atoms with Crippen LogP contribution in [-0.2, 0) is 0 Å². The largest absolute Gasteiger partial charge is 0.253 e. The van der Waals surface area contributed by atoms with E-state index in [-0.39, 0.29) is 0 Å². The molecule has 0 aliphatic rings. The number of hydrogen-bond donors (Lipinski definition) is 0.